The van der Waals surface area contributed by atoms with Gasteiger partial charge in [-0.25, -0.2) is 4.98 Å². The highest BCUT2D eigenvalue weighted by atomic mass is 19.1. The highest BCUT2D eigenvalue weighted by Crippen LogP contribution is 2.11. The molecule has 0 bridgehead atoms. The fourth-order valence-electron chi connectivity index (χ4n) is 1.11. The van der Waals surface area contributed by atoms with Crippen LogP contribution in [-0.2, 0) is 0 Å². The van der Waals surface area contributed by atoms with Gasteiger partial charge in [0.15, 0.2) is 0 Å². The molecule has 4 heteroatoms. The van der Waals surface area contributed by atoms with Crippen LogP contribution in [0.3, 0.4) is 0 Å². The van der Waals surface area contributed by atoms with Gasteiger partial charge in [0.1, 0.15) is 0 Å². The first kappa shape index (κ1) is 10.9. The molecular weight excluding hydrogens is 181 g/mol. The minimum absolute atomic E-state index is 0.431. The molecule has 0 saturated carbocycles. The van der Waals surface area contributed by atoms with Crippen LogP contribution in [0.5, 0.6) is 0 Å². The lowest BCUT2D eigenvalue weighted by atomic mass is 10.3. The van der Waals surface area contributed by atoms with Crippen molar-refractivity contribution in [3.8, 4) is 0 Å². The minimum Gasteiger partial charge on any atom is -0.373 e. The number of nitrogens with zero attached hydrogens (tertiary/aromatic N) is 3. The zero-order valence-electron chi connectivity index (χ0n) is 8.87. The van der Waals surface area contributed by atoms with Gasteiger partial charge < -0.3 is 9.80 Å². The Labute approximate surface area is 84.2 Å². The van der Waals surface area contributed by atoms with Gasteiger partial charge in [-0.2, -0.15) is 4.39 Å². The quantitative estimate of drug-likeness (QED) is 0.676. The third-order valence-corrected chi connectivity index (χ3v) is 2.03. The molecule has 0 spiro atoms. The van der Waals surface area contributed by atoms with Crippen LogP contribution in [0.4, 0.5) is 10.1 Å². The Morgan fingerprint density at radius 3 is 2.57 bits per heavy atom. The highest BCUT2D eigenvalue weighted by molar-refractivity contribution is 5.43. The van der Waals surface area contributed by atoms with Gasteiger partial charge in [-0.05, 0) is 20.2 Å². The van der Waals surface area contributed by atoms with E-state index in [0.717, 1.165) is 18.8 Å². The van der Waals surface area contributed by atoms with Crippen molar-refractivity contribution < 1.29 is 4.39 Å². The summed E-state index contributed by atoms with van der Waals surface area (Å²) in [5.74, 6) is -0.431. The lowest BCUT2D eigenvalue weighted by Crippen LogP contribution is -2.28. The number of pyridine rings is 1. The largest absolute Gasteiger partial charge is 0.373 e. The molecule has 0 aliphatic carbocycles. The van der Waals surface area contributed by atoms with Crippen molar-refractivity contribution in [1.82, 2.24) is 9.88 Å². The van der Waals surface area contributed by atoms with E-state index in [9.17, 15) is 4.39 Å². The normalized spacial score (nSPS) is 10.6. The van der Waals surface area contributed by atoms with Gasteiger partial charge in [0.05, 0.1) is 0 Å². The Morgan fingerprint density at radius 2 is 2.00 bits per heavy atom. The van der Waals surface area contributed by atoms with E-state index in [0.29, 0.717) is 0 Å². The van der Waals surface area contributed by atoms with E-state index in [2.05, 4.69) is 9.88 Å². The van der Waals surface area contributed by atoms with Gasteiger partial charge in [0, 0.05) is 38.1 Å². The fraction of sp³-hybridized carbons (Fsp3) is 0.500. The monoisotopic (exact) mass is 197 g/mol. The first-order valence-electron chi connectivity index (χ1n) is 4.57. The zero-order chi connectivity index (χ0) is 10.6. The third kappa shape index (κ3) is 3.30. The molecule has 14 heavy (non-hydrogen) atoms. The van der Waals surface area contributed by atoms with Crippen molar-refractivity contribution in [2.75, 3.05) is 39.1 Å². The maximum Gasteiger partial charge on any atom is 0.214 e. The molecule has 0 unspecified atom stereocenters. The molecule has 0 aliphatic rings. The Morgan fingerprint density at radius 1 is 1.29 bits per heavy atom. The Hall–Kier alpha value is -1.16. The van der Waals surface area contributed by atoms with E-state index in [1.54, 1.807) is 6.07 Å². The third-order valence-electron chi connectivity index (χ3n) is 2.03. The van der Waals surface area contributed by atoms with E-state index < -0.39 is 5.95 Å². The van der Waals surface area contributed by atoms with Crippen LogP contribution >= 0.6 is 0 Å². The summed E-state index contributed by atoms with van der Waals surface area (Å²) in [6, 6.07) is 3.24. The number of aromatic nitrogens is 1. The van der Waals surface area contributed by atoms with Gasteiger partial charge >= 0.3 is 0 Å². The summed E-state index contributed by atoms with van der Waals surface area (Å²) in [6.07, 6.45) is 1.48. The van der Waals surface area contributed by atoms with Gasteiger partial charge in [0.2, 0.25) is 5.95 Å². The average Bonchev–Trinajstić information content (AvgIpc) is 2.14. The lowest BCUT2D eigenvalue weighted by Gasteiger charge is -2.21. The summed E-state index contributed by atoms with van der Waals surface area (Å²) in [7, 11) is 5.97. The predicted molar refractivity (Wildman–Crippen MR) is 56.0 cm³/mol. The van der Waals surface area contributed by atoms with E-state index in [4.69, 9.17) is 0 Å². The molecule has 1 heterocycles. The van der Waals surface area contributed by atoms with Crippen LogP contribution in [0, 0.1) is 5.95 Å². The Balaban J connectivity index is 2.56. The molecule has 0 radical (unpaired) electrons. The van der Waals surface area contributed by atoms with Crippen molar-refractivity contribution in [3.05, 3.63) is 24.3 Å². The molecule has 78 valence electrons. The minimum atomic E-state index is -0.431. The van der Waals surface area contributed by atoms with Crippen molar-refractivity contribution >= 4 is 5.69 Å². The van der Waals surface area contributed by atoms with Gasteiger partial charge in [0.25, 0.3) is 0 Å². The van der Waals surface area contributed by atoms with Crippen LogP contribution in [-0.4, -0.2) is 44.1 Å². The molecule has 1 aromatic rings. The number of hydrogen-bond acceptors (Lipinski definition) is 3. The SMILES string of the molecule is CN(C)CCN(C)c1ccnc(F)c1. The highest BCUT2D eigenvalue weighted by Gasteiger charge is 2.02. The summed E-state index contributed by atoms with van der Waals surface area (Å²) in [5, 5.41) is 0. The van der Waals surface area contributed by atoms with Crippen molar-refractivity contribution in [3.63, 3.8) is 0 Å². The second kappa shape index (κ2) is 4.91. The predicted octanol–water partition coefficient (Wildman–Crippen LogP) is 1.22. The molecule has 0 saturated heterocycles. The summed E-state index contributed by atoms with van der Waals surface area (Å²) < 4.78 is 12.8. The zero-order valence-corrected chi connectivity index (χ0v) is 8.87. The Kier molecular flexibility index (Phi) is 3.83. The van der Waals surface area contributed by atoms with Crippen molar-refractivity contribution in [2.24, 2.45) is 0 Å². The second-order valence-corrected chi connectivity index (χ2v) is 3.56. The van der Waals surface area contributed by atoms with Crippen LogP contribution in [0.1, 0.15) is 0 Å². The maximum atomic E-state index is 12.8. The lowest BCUT2D eigenvalue weighted by molar-refractivity contribution is 0.416. The molecule has 0 aromatic carbocycles. The molecule has 1 aromatic heterocycles. The first-order chi connectivity index (χ1) is 6.59. The van der Waals surface area contributed by atoms with Crippen molar-refractivity contribution in [2.45, 2.75) is 0 Å². The number of halogens is 1. The van der Waals surface area contributed by atoms with E-state index >= 15 is 0 Å². The summed E-state index contributed by atoms with van der Waals surface area (Å²) in [5.41, 5.74) is 0.861. The van der Waals surface area contributed by atoms with E-state index in [-0.39, 0.29) is 0 Å². The fourth-order valence-corrected chi connectivity index (χ4v) is 1.11. The van der Waals surface area contributed by atoms with Crippen molar-refractivity contribution in [1.29, 1.82) is 0 Å². The van der Waals surface area contributed by atoms with Gasteiger partial charge in [-0.1, -0.05) is 0 Å². The summed E-state index contributed by atoms with van der Waals surface area (Å²) >= 11 is 0. The molecule has 3 nitrogen and oxygen atoms in total. The van der Waals surface area contributed by atoms with E-state index in [1.807, 2.05) is 26.0 Å². The molecule has 1 rings (SSSR count). The Bertz CT molecular complexity index is 288. The standard InChI is InChI=1S/C10H16FN3/c1-13(2)6-7-14(3)9-4-5-12-10(11)8-9/h4-5,8H,6-7H2,1-3H3. The molecular formula is C10H16FN3. The second-order valence-electron chi connectivity index (χ2n) is 3.56. The van der Waals surface area contributed by atoms with Gasteiger partial charge in [-0.15, -0.1) is 0 Å². The molecule has 0 fully saturated rings. The van der Waals surface area contributed by atoms with Crippen LogP contribution in [0.2, 0.25) is 0 Å². The summed E-state index contributed by atoms with van der Waals surface area (Å²) in [4.78, 5) is 7.61. The molecule has 0 atom stereocenters. The maximum absolute atomic E-state index is 12.8. The summed E-state index contributed by atoms with van der Waals surface area (Å²) in [6.45, 7) is 1.82. The van der Waals surface area contributed by atoms with E-state index in [1.165, 1.54) is 12.3 Å². The number of hydrogen-bond donors (Lipinski definition) is 0. The number of likely N-dealkylation sites (N-methyl/N-ethyl adjacent to an activating group) is 2. The number of rotatable bonds is 4. The van der Waals surface area contributed by atoms with Gasteiger partial charge in [-0.3, -0.25) is 0 Å². The van der Waals surface area contributed by atoms with Crippen LogP contribution < -0.4 is 4.90 Å². The molecule has 0 amide bonds. The van der Waals surface area contributed by atoms with Crippen LogP contribution in [0.15, 0.2) is 18.3 Å². The topological polar surface area (TPSA) is 19.4 Å². The molecule has 0 N–H and O–H groups in total. The smallest absolute Gasteiger partial charge is 0.214 e. The van der Waals surface area contributed by atoms with Crippen LogP contribution in [0.25, 0.3) is 0 Å². The average molecular weight is 197 g/mol. The molecule has 0 aliphatic heterocycles. The number of anilines is 1. The first-order valence-corrected chi connectivity index (χ1v) is 4.57.